The predicted octanol–water partition coefficient (Wildman–Crippen LogP) is 3.25. The smallest absolute Gasteiger partial charge is 0.125 e. The first-order valence-electron chi connectivity index (χ1n) is 9.39. The van der Waals surface area contributed by atoms with Crippen molar-refractivity contribution in [3.05, 3.63) is 28.8 Å². The van der Waals surface area contributed by atoms with Crippen LogP contribution in [0.4, 0.5) is 0 Å². The van der Waals surface area contributed by atoms with Gasteiger partial charge in [-0.25, -0.2) is 0 Å². The lowest BCUT2D eigenvalue weighted by atomic mass is 9.79. The van der Waals surface area contributed by atoms with Gasteiger partial charge in [-0.05, 0) is 72.4 Å². The van der Waals surface area contributed by atoms with E-state index in [2.05, 4.69) is 71.2 Å². The maximum absolute atomic E-state index is 10.3. The van der Waals surface area contributed by atoms with E-state index in [0.717, 1.165) is 29.7 Å². The summed E-state index contributed by atoms with van der Waals surface area (Å²) in [5, 5.41) is 17.6. The van der Waals surface area contributed by atoms with Crippen LogP contribution in [0.5, 0.6) is 5.75 Å². The van der Waals surface area contributed by atoms with Gasteiger partial charge in [0.25, 0.3) is 0 Å². The standard InChI is InChI=1S/C21H36N2O2/c1-14-8-15(2)19(16(3)9-14)25-13-18(24)12-22-17-10-20(4,5)23-21(6,7)11-17/h8-9,17-18,22-24H,10-13H2,1-7H3/t18-/m0/s1. The normalized spacial score (nSPS) is 21.1. The molecule has 1 atom stereocenters. The molecule has 1 aliphatic heterocycles. The summed E-state index contributed by atoms with van der Waals surface area (Å²) >= 11 is 0. The zero-order chi connectivity index (χ0) is 18.8. The molecule has 1 aromatic carbocycles. The highest BCUT2D eigenvalue weighted by molar-refractivity contribution is 5.42. The Bertz CT molecular complexity index is 557. The number of hydrogen-bond acceptors (Lipinski definition) is 4. The van der Waals surface area contributed by atoms with Crippen molar-refractivity contribution >= 4 is 0 Å². The molecule has 0 spiro atoms. The third kappa shape index (κ3) is 5.98. The van der Waals surface area contributed by atoms with Crippen LogP contribution >= 0.6 is 0 Å². The lowest BCUT2D eigenvalue weighted by Gasteiger charge is -2.47. The number of benzene rings is 1. The fourth-order valence-corrected chi connectivity index (χ4v) is 4.40. The van der Waals surface area contributed by atoms with Crippen LogP contribution in [0.3, 0.4) is 0 Å². The van der Waals surface area contributed by atoms with Crippen LogP contribution in [0.1, 0.15) is 57.2 Å². The van der Waals surface area contributed by atoms with Gasteiger partial charge >= 0.3 is 0 Å². The quantitative estimate of drug-likeness (QED) is 0.739. The molecule has 1 saturated heterocycles. The second kappa shape index (κ2) is 7.65. The van der Waals surface area contributed by atoms with Crippen molar-refractivity contribution in [1.82, 2.24) is 10.6 Å². The van der Waals surface area contributed by atoms with Crippen LogP contribution in [0.15, 0.2) is 12.1 Å². The molecule has 1 aliphatic rings. The summed E-state index contributed by atoms with van der Waals surface area (Å²) in [6, 6.07) is 4.64. The maximum atomic E-state index is 10.3. The number of aliphatic hydroxyl groups excluding tert-OH is 1. The minimum atomic E-state index is -0.513. The number of rotatable bonds is 6. The summed E-state index contributed by atoms with van der Waals surface area (Å²) in [7, 11) is 0. The van der Waals surface area contributed by atoms with Gasteiger partial charge in [0.2, 0.25) is 0 Å². The summed E-state index contributed by atoms with van der Waals surface area (Å²) in [6.07, 6.45) is 1.60. The molecule has 4 heteroatoms. The Morgan fingerprint density at radius 3 is 2.16 bits per heavy atom. The first-order valence-corrected chi connectivity index (χ1v) is 9.39. The molecule has 0 saturated carbocycles. The molecular weight excluding hydrogens is 312 g/mol. The van der Waals surface area contributed by atoms with Crippen molar-refractivity contribution in [3.8, 4) is 5.75 Å². The number of nitrogens with one attached hydrogen (secondary N) is 2. The zero-order valence-electron chi connectivity index (χ0n) is 17.0. The largest absolute Gasteiger partial charge is 0.490 e. The number of piperidine rings is 1. The van der Waals surface area contributed by atoms with Crippen molar-refractivity contribution in [2.24, 2.45) is 0 Å². The highest BCUT2D eigenvalue weighted by Gasteiger charge is 2.37. The Hall–Kier alpha value is -1.10. The Labute approximate surface area is 153 Å². The van der Waals surface area contributed by atoms with Crippen LogP contribution in [-0.4, -0.2) is 41.5 Å². The summed E-state index contributed by atoms with van der Waals surface area (Å²) in [5.41, 5.74) is 3.70. The van der Waals surface area contributed by atoms with E-state index in [-0.39, 0.29) is 11.1 Å². The van der Waals surface area contributed by atoms with E-state index in [9.17, 15) is 5.11 Å². The van der Waals surface area contributed by atoms with E-state index in [1.54, 1.807) is 0 Å². The number of hydrogen-bond donors (Lipinski definition) is 3. The van der Waals surface area contributed by atoms with E-state index in [1.807, 2.05) is 0 Å². The molecule has 1 heterocycles. The molecular formula is C21H36N2O2. The second-order valence-electron chi connectivity index (χ2n) is 9.10. The molecule has 0 radical (unpaired) electrons. The molecule has 0 aliphatic carbocycles. The Kier molecular flexibility index (Phi) is 6.18. The van der Waals surface area contributed by atoms with Gasteiger partial charge in [0.15, 0.2) is 0 Å². The zero-order valence-corrected chi connectivity index (χ0v) is 17.0. The molecule has 3 N–H and O–H groups in total. The van der Waals surface area contributed by atoms with Gasteiger partial charge in [-0.2, -0.15) is 0 Å². The van der Waals surface area contributed by atoms with Crippen molar-refractivity contribution in [2.45, 2.75) is 84.5 Å². The van der Waals surface area contributed by atoms with Gasteiger partial charge < -0.3 is 20.5 Å². The molecule has 1 aromatic rings. The van der Waals surface area contributed by atoms with Crippen LogP contribution in [0.25, 0.3) is 0 Å². The van der Waals surface area contributed by atoms with Gasteiger partial charge in [-0.3, -0.25) is 0 Å². The first kappa shape index (κ1) is 20.2. The monoisotopic (exact) mass is 348 g/mol. The molecule has 0 aromatic heterocycles. The average Bonchev–Trinajstić information content (AvgIpc) is 2.40. The van der Waals surface area contributed by atoms with E-state index < -0.39 is 6.10 Å². The summed E-state index contributed by atoms with van der Waals surface area (Å²) < 4.78 is 5.90. The predicted molar refractivity (Wildman–Crippen MR) is 104 cm³/mol. The van der Waals surface area contributed by atoms with Crippen LogP contribution in [0, 0.1) is 20.8 Å². The molecule has 1 fully saturated rings. The van der Waals surface area contributed by atoms with Crippen molar-refractivity contribution in [3.63, 3.8) is 0 Å². The highest BCUT2D eigenvalue weighted by Crippen LogP contribution is 2.28. The Balaban J connectivity index is 1.84. The van der Waals surface area contributed by atoms with E-state index in [0.29, 0.717) is 19.2 Å². The molecule has 142 valence electrons. The lowest BCUT2D eigenvalue weighted by Crippen LogP contribution is -2.62. The van der Waals surface area contributed by atoms with Crippen molar-refractivity contribution < 1.29 is 9.84 Å². The van der Waals surface area contributed by atoms with Crippen LogP contribution in [0.2, 0.25) is 0 Å². The van der Waals surface area contributed by atoms with Gasteiger partial charge in [0, 0.05) is 23.7 Å². The topological polar surface area (TPSA) is 53.5 Å². The highest BCUT2D eigenvalue weighted by atomic mass is 16.5. The van der Waals surface area contributed by atoms with E-state index in [1.165, 1.54) is 5.56 Å². The number of aliphatic hydroxyl groups is 1. The summed E-state index contributed by atoms with van der Waals surface area (Å²) in [5.74, 6) is 0.897. The Morgan fingerprint density at radius 2 is 1.64 bits per heavy atom. The molecule has 0 amide bonds. The SMILES string of the molecule is Cc1cc(C)c(OC[C@@H](O)CNC2CC(C)(C)NC(C)(C)C2)c(C)c1. The van der Waals surface area contributed by atoms with Gasteiger partial charge in [0.1, 0.15) is 18.5 Å². The molecule has 2 rings (SSSR count). The molecule has 0 bridgehead atoms. The number of ether oxygens (including phenoxy) is 1. The third-order valence-electron chi connectivity index (χ3n) is 4.86. The minimum absolute atomic E-state index is 0.108. The lowest BCUT2D eigenvalue weighted by molar-refractivity contribution is 0.0896. The van der Waals surface area contributed by atoms with E-state index >= 15 is 0 Å². The fourth-order valence-electron chi connectivity index (χ4n) is 4.40. The first-order chi connectivity index (χ1) is 11.5. The Morgan fingerprint density at radius 1 is 1.12 bits per heavy atom. The van der Waals surface area contributed by atoms with Crippen molar-refractivity contribution in [1.29, 1.82) is 0 Å². The maximum Gasteiger partial charge on any atom is 0.125 e. The van der Waals surface area contributed by atoms with E-state index in [4.69, 9.17) is 4.74 Å². The minimum Gasteiger partial charge on any atom is -0.490 e. The average molecular weight is 349 g/mol. The fraction of sp³-hybridized carbons (Fsp3) is 0.714. The summed E-state index contributed by atoms with van der Waals surface area (Å²) in [6.45, 7) is 16.0. The van der Waals surface area contributed by atoms with Crippen LogP contribution < -0.4 is 15.4 Å². The second-order valence-corrected chi connectivity index (χ2v) is 9.10. The van der Waals surface area contributed by atoms with Crippen LogP contribution in [-0.2, 0) is 0 Å². The van der Waals surface area contributed by atoms with Gasteiger partial charge in [0.05, 0.1) is 0 Å². The molecule has 4 nitrogen and oxygen atoms in total. The molecule has 25 heavy (non-hydrogen) atoms. The third-order valence-corrected chi connectivity index (χ3v) is 4.86. The summed E-state index contributed by atoms with van der Waals surface area (Å²) in [4.78, 5) is 0. The van der Waals surface area contributed by atoms with Gasteiger partial charge in [-0.15, -0.1) is 0 Å². The number of aryl methyl sites for hydroxylation is 3. The van der Waals surface area contributed by atoms with Gasteiger partial charge in [-0.1, -0.05) is 17.7 Å². The molecule has 0 unspecified atom stereocenters. The van der Waals surface area contributed by atoms with Crippen molar-refractivity contribution in [2.75, 3.05) is 13.2 Å².